The highest BCUT2D eigenvalue weighted by molar-refractivity contribution is 5.97. The van der Waals surface area contributed by atoms with Gasteiger partial charge >= 0.3 is 0 Å². The molecule has 0 atom stereocenters. The van der Waals surface area contributed by atoms with Gasteiger partial charge in [-0.05, 0) is 12.0 Å². The van der Waals surface area contributed by atoms with Crippen LogP contribution in [-0.4, -0.2) is 27.6 Å². The lowest BCUT2D eigenvalue weighted by Gasteiger charge is -2.04. The fraction of sp³-hybridized carbons (Fsp3) is 0.143. The zero-order chi connectivity index (χ0) is 14.9. The van der Waals surface area contributed by atoms with Gasteiger partial charge in [-0.25, -0.2) is 5.10 Å². The van der Waals surface area contributed by atoms with Crippen molar-refractivity contribution in [2.45, 2.75) is 6.42 Å². The van der Waals surface area contributed by atoms with Gasteiger partial charge in [0.15, 0.2) is 0 Å². The quantitative estimate of drug-likeness (QED) is 0.541. The molecule has 0 radical (unpaired) electrons. The number of nitriles is 1. The molecular formula is C14H14N6O. The molecule has 21 heavy (non-hydrogen) atoms. The number of anilines is 1. The van der Waals surface area contributed by atoms with Gasteiger partial charge in [0.2, 0.25) is 5.95 Å². The van der Waals surface area contributed by atoms with Crippen LogP contribution in [0, 0.1) is 11.3 Å². The van der Waals surface area contributed by atoms with E-state index >= 15 is 0 Å². The molecule has 0 bridgehead atoms. The lowest BCUT2D eigenvalue weighted by Crippen LogP contribution is -2.27. The molecule has 2 aromatic rings. The summed E-state index contributed by atoms with van der Waals surface area (Å²) in [7, 11) is 0. The van der Waals surface area contributed by atoms with E-state index in [0.717, 1.165) is 5.56 Å². The molecule has 0 saturated heterocycles. The largest absolute Gasteiger partial charge is 0.351 e. The molecule has 7 nitrogen and oxygen atoms in total. The Bertz CT molecular complexity index is 642. The number of carbonyl (C=O) groups is 1. The van der Waals surface area contributed by atoms with Crippen LogP contribution in [0.3, 0.4) is 0 Å². The van der Waals surface area contributed by atoms with Crippen molar-refractivity contribution in [1.29, 1.82) is 5.26 Å². The maximum Gasteiger partial charge on any atom is 0.263 e. The lowest BCUT2D eigenvalue weighted by atomic mass is 10.1. The van der Waals surface area contributed by atoms with Crippen LogP contribution < -0.4 is 10.6 Å². The Balaban J connectivity index is 1.83. The van der Waals surface area contributed by atoms with Crippen molar-refractivity contribution in [1.82, 2.24) is 20.5 Å². The van der Waals surface area contributed by atoms with Crippen LogP contribution in [0.15, 0.2) is 48.4 Å². The molecule has 1 amide bonds. The number of aromatic amines is 1. The van der Waals surface area contributed by atoms with E-state index < -0.39 is 5.91 Å². The Morgan fingerprint density at radius 2 is 2.19 bits per heavy atom. The first-order valence-corrected chi connectivity index (χ1v) is 6.34. The highest BCUT2D eigenvalue weighted by Gasteiger charge is 2.08. The zero-order valence-electron chi connectivity index (χ0n) is 11.2. The minimum Gasteiger partial charge on any atom is -0.351 e. The molecular weight excluding hydrogens is 268 g/mol. The Morgan fingerprint density at radius 1 is 1.38 bits per heavy atom. The smallest absolute Gasteiger partial charge is 0.263 e. The van der Waals surface area contributed by atoms with E-state index in [-0.39, 0.29) is 5.57 Å². The van der Waals surface area contributed by atoms with Gasteiger partial charge in [-0.2, -0.15) is 15.3 Å². The first-order chi connectivity index (χ1) is 10.3. The van der Waals surface area contributed by atoms with Gasteiger partial charge in [0.05, 0.1) is 0 Å². The summed E-state index contributed by atoms with van der Waals surface area (Å²) in [6, 6.07) is 11.6. The first kappa shape index (κ1) is 14.3. The van der Waals surface area contributed by atoms with Gasteiger partial charge in [0.25, 0.3) is 5.91 Å². The molecule has 1 aromatic heterocycles. The van der Waals surface area contributed by atoms with E-state index in [1.54, 1.807) is 0 Å². The zero-order valence-corrected chi connectivity index (χ0v) is 11.2. The number of H-pyrrole nitrogens is 1. The van der Waals surface area contributed by atoms with E-state index in [1.165, 1.54) is 12.5 Å². The van der Waals surface area contributed by atoms with E-state index in [0.29, 0.717) is 18.9 Å². The second kappa shape index (κ2) is 7.45. The van der Waals surface area contributed by atoms with Gasteiger partial charge in [-0.3, -0.25) is 4.79 Å². The van der Waals surface area contributed by atoms with Crippen LogP contribution in [-0.2, 0) is 11.2 Å². The summed E-state index contributed by atoms with van der Waals surface area (Å²) < 4.78 is 0. The highest BCUT2D eigenvalue weighted by atomic mass is 16.1. The summed E-state index contributed by atoms with van der Waals surface area (Å²) in [6.07, 6.45) is 3.32. The van der Waals surface area contributed by atoms with Gasteiger partial charge < -0.3 is 10.6 Å². The monoisotopic (exact) mass is 282 g/mol. The number of rotatable bonds is 6. The topological polar surface area (TPSA) is 106 Å². The SMILES string of the molecule is N#C/C(=C/Nc1ncn[nH]1)C(=O)NCCc1ccccc1. The molecule has 0 spiro atoms. The second-order valence-corrected chi connectivity index (χ2v) is 4.14. The summed E-state index contributed by atoms with van der Waals surface area (Å²) in [6.45, 7) is 0.462. The standard InChI is InChI=1S/C14H14N6O/c15-8-12(9-17-14-18-10-19-20-14)13(21)16-7-6-11-4-2-1-3-5-11/h1-5,9-10H,6-7H2,(H,16,21)(H2,17,18,19,20)/b12-9-. The number of benzene rings is 1. The number of carbonyl (C=O) groups excluding carboxylic acids is 1. The Kier molecular flexibility index (Phi) is 5.06. The molecule has 1 heterocycles. The number of amides is 1. The van der Waals surface area contributed by atoms with Crippen molar-refractivity contribution in [3.8, 4) is 6.07 Å². The Morgan fingerprint density at radius 3 is 2.86 bits per heavy atom. The summed E-state index contributed by atoms with van der Waals surface area (Å²) in [5.41, 5.74) is 1.10. The van der Waals surface area contributed by atoms with E-state index in [4.69, 9.17) is 5.26 Å². The molecule has 0 saturated carbocycles. The fourth-order valence-corrected chi connectivity index (χ4v) is 1.62. The third-order valence-corrected chi connectivity index (χ3v) is 2.68. The van der Waals surface area contributed by atoms with E-state index in [1.807, 2.05) is 36.4 Å². The second-order valence-electron chi connectivity index (χ2n) is 4.14. The van der Waals surface area contributed by atoms with Crippen LogP contribution in [0.2, 0.25) is 0 Å². The van der Waals surface area contributed by atoms with Gasteiger partial charge in [-0.15, -0.1) is 0 Å². The number of hydrogen-bond acceptors (Lipinski definition) is 5. The molecule has 0 aliphatic heterocycles. The van der Waals surface area contributed by atoms with Crippen LogP contribution in [0.25, 0.3) is 0 Å². The van der Waals surface area contributed by atoms with Gasteiger partial charge in [0.1, 0.15) is 18.0 Å². The first-order valence-electron chi connectivity index (χ1n) is 6.34. The molecule has 0 fully saturated rings. The summed E-state index contributed by atoms with van der Waals surface area (Å²) >= 11 is 0. The van der Waals surface area contributed by atoms with Crippen LogP contribution in [0.5, 0.6) is 0 Å². The van der Waals surface area contributed by atoms with Crippen molar-refractivity contribution in [2.75, 3.05) is 11.9 Å². The maximum absolute atomic E-state index is 11.8. The van der Waals surface area contributed by atoms with Crippen LogP contribution >= 0.6 is 0 Å². The predicted octanol–water partition coefficient (Wildman–Crippen LogP) is 0.983. The van der Waals surface area contributed by atoms with Crippen molar-refractivity contribution in [2.24, 2.45) is 0 Å². The predicted molar refractivity (Wildman–Crippen MR) is 76.9 cm³/mol. The van der Waals surface area contributed by atoms with Crippen molar-refractivity contribution < 1.29 is 4.79 Å². The normalized spacial score (nSPS) is 10.7. The molecule has 7 heteroatoms. The minimum absolute atomic E-state index is 0.0283. The summed E-state index contributed by atoms with van der Waals surface area (Å²) in [5, 5.41) is 20.6. The number of aromatic nitrogens is 3. The molecule has 3 N–H and O–H groups in total. The third-order valence-electron chi connectivity index (χ3n) is 2.68. The average Bonchev–Trinajstić information content (AvgIpc) is 3.02. The van der Waals surface area contributed by atoms with Crippen LogP contribution in [0.1, 0.15) is 5.56 Å². The van der Waals surface area contributed by atoms with Gasteiger partial charge in [0, 0.05) is 12.7 Å². The Hall–Kier alpha value is -3.14. The number of nitrogens with one attached hydrogen (secondary N) is 3. The molecule has 2 rings (SSSR count). The molecule has 1 aromatic carbocycles. The minimum atomic E-state index is -0.430. The van der Waals surface area contributed by atoms with Gasteiger partial charge in [-0.1, -0.05) is 30.3 Å². The van der Waals surface area contributed by atoms with Crippen molar-refractivity contribution in [3.63, 3.8) is 0 Å². The van der Waals surface area contributed by atoms with Crippen molar-refractivity contribution in [3.05, 3.63) is 54.0 Å². The highest BCUT2D eigenvalue weighted by Crippen LogP contribution is 2.00. The third kappa shape index (κ3) is 4.47. The lowest BCUT2D eigenvalue weighted by molar-refractivity contribution is -0.117. The molecule has 0 aliphatic carbocycles. The Labute approximate surface area is 121 Å². The number of nitrogens with zero attached hydrogens (tertiary/aromatic N) is 3. The summed E-state index contributed by atoms with van der Waals surface area (Å²) in [4.78, 5) is 15.7. The average molecular weight is 282 g/mol. The molecule has 0 aliphatic rings. The van der Waals surface area contributed by atoms with E-state index in [9.17, 15) is 4.79 Å². The van der Waals surface area contributed by atoms with Crippen molar-refractivity contribution >= 4 is 11.9 Å². The summed E-state index contributed by atoms with van der Waals surface area (Å²) in [5.74, 6) is -0.0692. The fourth-order valence-electron chi connectivity index (χ4n) is 1.62. The molecule has 106 valence electrons. The van der Waals surface area contributed by atoms with E-state index in [2.05, 4.69) is 25.8 Å². The maximum atomic E-state index is 11.8. The molecule has 0 unspecified atom stereocenters. The number of hydrogen-bond donors (Lipinski definition) is 3. The van der Waals surface area contributed by atoms with Crippen LogP contribution in [0.4, 0.5) is 5.95 Å².